The fourth-order valence-corrected chi connectivity index (χ4v) is 9.87. The van der Waals surface area contributed by atoms with E-state index in [1.807, 2.05) is 12.1 Å². The van der Waals surface area contributed by atoms with Gasteiger partial charge in [-0.2, -0.15) is 5.26 Å². The number of fused-ring (bicyclic) bond motifs is 3. The number of carbonyl (C=O) groups excluding carboxylic acids is 5. The van der Waals surface area contributed by atoms with Crippen molar-refractivity contribution in [2.24, 2.45) is 0 Å². The van der Waals surface area contributed by atoms with Gasteiger partial charge >= 0.3 is 0 Å². The lowest BCUT2D eigenvalue weighted by Crippen LogP contribution is -2.54. The van der Waals surface area contributed by atoms with Crippen molar-refractivity contribution in [2.45, 2.75) is 101 Å². The monoisotopic (exact) mass is 833 g/mol. The van der Waals surface area contributed by atoms with E-state index >= 15 is 0 Å². The number of rotatable bonds is 15. The minimum Gasteiger partial charge on any atom is -0.490 e. The molecule has 4 atom stereocenters. The van der Waals surface area contributed by atoms with Crippen LogP contribution in [0.5, 0.6) is 5.75 Å². The summed E-state index contributed by atoms with van der Waals surface area (Å²) in [5, 5.41) is 15.1. The van der Waals surface area contributed by atoms with Gasteiger partial charge in [0.25, 0.3) is 17.7 Å². The molecule has 0 aromatic heterocycles. The Morgan fingerprint density at radius 3 is 2.27 bits per heavy atom. The molecule has 5 amide bonds. The fourth-order valence-electron chi connectivity index (χ4n) is 9.65. The molecule has 0 radical (unpaired) electrons. The van der Waals surface area contributed by atoms with E-state index in [4.69, 9.17) is 21.6 Å². The second-order valence-corrected chi connectivity index (χ2v) is 17.1. The first-order chi connectivity index (χ1) is 29.2. The molecule has 3 aromatic rings. The summed E-state index contributed by atoms with van der Waals surface area (Å²) >= 11 is 6.22. The third kappa shape index (κ3) is 8.86. The maximum atomic E-state index is 13.7. The van der Waals surface area contributed by atoms with Gasteiger partial charge in [0.1, 0.15) is 24.0 Å². The lowest BCUT2D eigenvalue weighted by atomic mass is 9.98. The quantitative estimate of drug-likeness (QED) is 0.130. The summed E-state index contributed by atoms with van der Waals surface area (Å²) in [7, 11) is 0. The Hall–Kier alpha value is -5.45. The van der Waals surface area contributed by atoms with Gasteiger partial charge in [-0.3, -0.25) is 39.1 Å². The molecular weight excluding hydrogens is 782 g/mol. The smallest absolute Gasteiger partial charge is 0.264 e. The Morgan fingerprint density at radius 2 is 1.57 bits per heavy atom. The molecule has 0 spiro atoms. The van der Waals surface area contributed by atoms with Gasteiger partial charge in [0.2, 0.25) is 11.8 Å². The van der Waals surface area contributed by atoms with Crippen molar-refractivity contribution < 1.29 is 28.7 Å². The third-order valence-electron chi connectivity index (χ3n) is 12.8. The molecule has 314 valence electrons. The van der Waals surface area contributed by atoms with Crippen LogP contribution < -0.4 is 20.3 Å². The maximum Gasteiger partial charge on any atom is 0.264 e. The van der Waals surface area contributed by atoms with Crippen molar-refractivity contribution >= 4 is 52.5 Å². The van der Waals surface area contributed by atoms with Gasteiger partial charge in [0.05, 0.1) is 21.7 Å². The van der Waals surface area contributed by atoms with Crippen LogP contribution in [0.3, 0.4) is 0 Å². The highest BCUT2D eigenvalue weighted by atomic mass is 35.5. The first-order valence-electron chi connectivity index (χ1n) is 21.5. The lowest BCUT2D eigenvalue weighted by molar-refractivity contribution is -0.136. The van der Waals surface area contributed by atoms with Crippen LogP contribution in [0.15, 0.2) is 60.7 Å². The number of hydrogen-bond acceptors (Lipinski definition) is 10. The van der Waals surface area contributed by atoms with Crippen LogP contribution in [-0.2, 0) is 9.59 Å². The molecule has 60 heavy (non-hydrogen) atoms. The van der Waals surface area contributed by atoms with E-state index < -0.39 is 29.7 Å². The molecule has 4 fully saturated rings. The number of anilines is 2. The predicted molar refractivity (Wildman–Crippen MR) is 227 cm³/mol. The number of nitrogens with one attached hydrogen (secondary N) is 2. The van der Waals surface area contributed by atoms with Crippen molar-refractivity contribution in [1.82, 2.24) is 20.0 Å². The summed E-state index contributed by atoms with van der Waals surface area (Å²) < 4.78 is 6.26. The number of unbranched alkanes of at least 4 members (excludes halogenated alkanes) is 5. The molecule has 2 unspecified atom stereocenters. The van der Waals surface area contributed by atoms with Crippen LogP contribution in [-0.4, -0.2) is 108 Å². The minimum absolute atomic E-state index is 0.00913. The highest BCUT2D eigenvalue weighted by Gasteiger charge is 2.46. The topological polar surface area (TPSA) is 155 Å². The Kier molecular flexibility index (Phi) is 12.7. The first-order valence-corrected chi connectivity index (χ1v) is 21.9. The number of piperazine rings is 1. The Bertz CT molecular complexity index is 2150. The summed E-state index contributed by atoms with van der Waals surface area (Å²) in [5.41, 5.74) is 3.50. The number of imide groups is 2. The van der Waals surface area contributed by atoms with E-state index in [9.17, 15) is 24.0 Å². The number of piperidine rings is 2. The fraction of sp³-hybridized carbons (Fsp3) is 0.478. The highest BCUT2D eigenvalue weighted by Crippen LogP contribution is 2.39. The van der Waals surface area contributed by atoms with Crippen LogP contribution in [0.2, 0.25) is 5.02 Å². The minimum atomic E-state index is -0.973. The average molecular weight is 834 g/mol. The zero-order valence-electron chi connectivity index (χ0n) is 33.9. The molecule has 4 saturated heterocycles. The molecule has 0 aliphatic carbocycles. The van der Waals surface area contributed by atoms with Gasteiger partial charge < -0.3 is 19.9 Å². The molecule has 13 nitrogen and oxygen atoms in total. The number of carbonyl (C=O) groups is 5. The van der Waals surface area contributed by atoms with Gasteiger partial charge in [-0.15, -0.1) is 0 Å². The number of hydrogen-bond donors (Lipinski definition) is 2. The zero-order chi connectivity index (χ0) is 41.8. The van der Waals surface area contributed by atoms with Gasteiger partial charge in [-0.1, -0.05) is 43.4 Å². The van der Waals surface area contributed by atoms with Crippen molar-refractivity contribution in [3.8, 4) is 11.8 Å². The van der Waals surface area contributed by atoms with Crippen LogP contribution in [0.1, 0.15) is 114 Å². The molecule has 2 bridgehead atoms. The Labute approximate surface area is 355 Å². The van der Waals surface area contributed by atoms with E-state index in [0.717, 1.165) is 93.8 Å². The number of halogens is 1. The zero-order valence-corrected chi connectivity index (χ0v) is 34.6. The second-order valence-electron chi connectivity index (χ2n) is 16.7. The van der Waals surface area contributed by atoms with Gasteiger partial charge in [0.15, 0.2) is 0 Å². The molecule has 5 aliphatic rings. The van der Waals surface area contributed by atoms with Gasteiger partial charge in [-0.25, -0.2) is 0 Å². The van der Waals surface area contributed by atoms with E-state index in [0.29, 0.717) is 34.1 Å². The standard InChI is InChI=1S/C46H52ClN7O6/c47-38-28-35(17-12-31(38)29-48)60-36-26-33-15-16-34(27-36)53(33)44(57)30-10-13-32(14-11-30)52-24-22-51(23-25-52)21-6-4-2-1-3-5-20-49-39-9-7-8-37-42(39)46(59)54(45(37)58)40-18-19-41(55)50-43(40)56/h7-14,17,28,33-34,36,40,49H,1-6,15-16,18-27H2,(H,50,55,56)/t33-,34+,36?,40?. The third-order valence-corrected chi connectivity index (χ3v) is 13.1. The molecule has 3 aromatic carbocycles. The second kappa shape index (κ2) is 18.4. The maximum absolute atomic E-state index is 13.7. The number of ether oxygens (including phenoxy) is 1. The van der Waals surface area contributed by atoms with Crippen molar-refractivity contribution in [3.05, 3.63) is 87.9 Å². The van der Waals surface area contributed by atoms with Crippen LogP contribution in [0, 0.1) is 11.3 Å². The first kappa shape index (κ1) is 41.3. The van der Waals surface area contributed by atoms with E-state index in [-0.39, 0.29) is 42.5 Å². The van der Waals surface area contributed by atoms with E-state index in [2.05, 4.69) is 43.5 Å². The van der Waals surface area contributed by atoms with Crippen LogP contribution >= 0.6 is 11.6 Å². The molecule has 14 heteroatoms. The Balaban J connectivity index is 0.700. The molecule has 8 rings (SSSR count). The molecule has 2 N–H and O–H groups in total. The van der Waals surface area contributed by atoms with Crippen molar-refractivity contribution in [2.75, 3.05) is 49.5 Å². The molecular formula is C46H52ClN7O6. The number of nitriles is 1. The van der Waals surface area contributed by atoms with E-state index in [1.165, 1.54) is 19.3 Å². The number of benzene rings is 3. The SMILES string of the molecule is N#Cc1ccc(OC2C[C@H]3CC[C@@H](C2)N3C(=O)c2ccc(N3CCN(CCCCCCCCNc4cccc5c4C(=O)N(C4CCC(=O)NC4=O)C5=O)CC3)cc2)cc1Cl. The highest BCUT2D eigenvalue weighted by molar-refractivity contribution is 6.31. The average Bonchev–Trinajstić information content (AvgIpc) is 3.67. The lowest BCUT2D eigenvalue weighted by Gasteiger charge is -2.39. The predicted octanol–water partition coefficient (Wildman–Crippen LogP) is 6.40. The van der Waals surface area contributed by atoms with Crippen molar-refractivity contribution in [1.29, 1.82) is 5.26 Å². The summed E-state index contributed by atoms with van der Waals surface area (Å²) in [6.07, 6.45) is 10.4. The summed E-state index contributed by atoms with van der Waals surface area (Å²) in [4.78, 5) is 72.2. The van der Waals surface area contributed by atoms with E-state index in [1.54, 1.807) is 36.4 Å². The summed E-state index contributed by atoms with van der Waals surface area (Å²) in [6.45, 7) is 5.72. The summed E-state index contributed by atoms with van der Waals surface area (Å²) in [6, 6.07) is 19.9. The van der Waals surface area contributed by atoms with Gasteiger partial charge in [0, 0.05) is 87.1 Å². The van der Waals surface area contributed by atoms with Crippen LogP contribution in [0.4, 0.5) is 11.4 Å². The molecule has 5 heterocycles. The Morgan fingerprint density at radius 1 is 0.850 bits per heavy atom. The summed E-state index contributed by atoms with van der Waals surface area (Å²) in [5.74, 6) is -1.22. The number of amides is 5. The normalized spacial score (nSPS) is 22.8. The van der Waals surface area contributed by atoms with Gasteiger partial charge in [-0.05, 0) is 87.2 Å². The molecule has 5 aliphatic heterocycles. The molecule has 0 saturated carbocycles. The van der Waals surface area contributed by atoms with Crippen molar-refractivity contribution in [3.63, 3.8) is 0 Å². The van der Waals surface area contributed by atoms with Crippen LogP contribution in [0.25, 0.3) is 0 Å². The number of nitrogens with zero attached hydrogens (tertiary/aromatic N) is 5. The largest absolute Gasteiger partial charge is 0.490 e.